The zero-order valence-corrected chi connectivity index (χ0v) is 23.5. The number of carboxylic acids is 1. The van der Waals surface area contributed by atoms with Gasteiger partial charge in [0.05, 0.1) is 35.9 Å². The Balaban J connectivity index is 1.16. The molecule has 0 aliphatic carbocycles. The van der Waals surface area contributed by atoms with Gasteiger partial charge in [0.1, 0.15) is 29.8 Å². The van der Waals surface area contributed by atoms with Gasteiger partial charge in [-0.15, -0.1) is 0 Å². The molecule has 3 aromatic heterocycles. The number of hydrogen-bond donors (Lipinski definition) is 1. The first-order valence-electron chi connectivity index (χ1n) is 13.5. The lowest BCUT2D eigenvalue weighted by atomic mass is 10.2. The molecule has 10 nitrogen and oxygen atoms in total. The Kier molecular flexibility index (Phi) is 7.77. The van der Waals surface area contributed by atoms with Crippen LogP contribution in [-0.4, -0.2) is 61.2 Å². The summed E-state index contributed by atoms with van der Waals surface area (Å²) in [6.45, 7) is 5.39. The van der Waals surface area contributed by atoms with Crippen molar-refractivity contribution in [3.05, 3.63) is 101 Å². The number of halogens is 2. The number of imidazole rings is 1. The fourth-order valence-corrected chi connectivity index (χ4v) is 5.31. The largest absolute Gasteiger partial charge is 0.478 e. The highest BCUT2D eigenvalue weighted by Crippen LogP contribution is 2.25. The first-order chi connectivity index (χ1) is 20.3. The lowest BCUT2D eigenvalue weighted by Crippen LogP contribution is -2.52. The molecule has 0 saturated carbocycles. The van der Waals surface area contributed by atoms with Crippen LogP contribution in [0.3, 0.4) is 0 Å². The van der Waals surface area contributed by atoms with Gasteiger partial charge in [0, 0.05) is 42.3 Å². The summed E-state index contributed by atoms with van der Waals surface area (Å²) < 4.78 is 27.4. The Bertz CT molecular complexity index is 1730. The van der Waals surface area contributed by atoms with Crippen LogP contribution in [0.5, 0.6) is 5.88 Å². The summed E-state index contributed by atoms with van der Waals surface area (Å²) >= 11 is 5.85. The van der Waals surface area contributed by atoms with Crippen LogP contribution in [0.1, 0.15) is 34.4 Å². The molecular formula is C30H28ClFN6O4. The van der Waals surface area contributed by atoms with Crippen LogP contribution < -0.4 is 9.64 Å². The predicted octanol–water partition coefficient (Wildman–Crippen LogP) is 5.25. The highest BCUT2D eigenvalue weighted by atomic mass is 35.5. The molecule has 4 heterocycles. The van der Waals surface area contributed by atoms with Gasteiger partial charge in [0.2, 0.25) is 5.88 Å². The molecule has 0 amide bonds. The van der Waals surface area contributed by atoms with Crippen molar-refractivity contribution in [1.82, 2.24) is 24.4 Å². The molecule has 1 N–H and O–H groups in total. The summed E-state index contributed by atoms with van der Waals surface area (Å²) in [6, 6.07) is 15.2. The molecule has 12 heteroatoms. The summed E-state index contributed by atoms with van der Waals surface area (Å²) in [5.74, 6) is 1.26. The second kappa shape index (κ2) is 11.8. The quantitative estimate of drug-likeness (QED) is 0.246. The third-order valence-corrected chi connectivity index (χ3v) is 7.64. The Morgan fingerprint density at radius 1 is 1.14 bits per heavy atom. The first-order valence-corrected chi connectivity index (χ1v) is 13.8. The molecule has 5 aromatic rings. The van der Waals surface area contributed by atoms with E-state index in [2.05, 4.69) is 26.7 Å². The molecule has 0 spiro atoms. The summed E-state index contributed by atoms with van der Waals surface area (Å²) in [5.41, 5.74) is 2.06. The number of rotatable bonds is 9. The van der Waals surface area contributed by atoms with Gasteiger partial charge < -0.3 is 23.7 Å². The van der Waals surface area contributed by atoms with Gasteiger partial charge in [-0.05, 0) is 43.3 Å². The van der Waals surface area contributed by atoms with E-state index in [0.717, 1.165) is 42.3 Å². The molecule has 1 atom stereocenters. The maximum atomic E-state index is 14.2. The molecule has 1 aliphatic heterocycles. The van der Waals surface area contributed by atoms with Gasteiger partial charge in [-0.1, -0.05) is 23.7 Å². The van der Waals surface area contributed by atoms with Gasteiger partial charge in [-0.3, -0.25) is 4.90 Å². The molecule has 6 rings (SSSR count). The molecule has 0 bridgehead atoms. The number of aromatic nitrogens is 4. The highest BCUT2D eigenvalue weighted by Gasteiger charge is 2.27. The van der Waals surface area contributed by atoms with Crippen molar-refractivity contribution < 1.29 is 23.4 Å². The molecule has 2 aromatic carbocycles. The minimum atomic E-state index is -0.990. The Hall–Kier alpha value is -4.48. The van der Waals surface area contributed by atoms with Crippen molar-refractivity contribution >= 4 is 34.4 Å². The summed E-state index contributed by atoms with van der Waals surface area (Å²) in [7, 11) is 0. The number of fused-ring (bicyclic) bond motifs is 1. The van der Waals surface area contributed by atoms with Gasteiger partial charge in [-0.25, -0.2) is 19.2 Å². The number of anilines is 1. The van der Waals surface area contributed by atoms with E-state index in [4.69, 9.17) is 25.7 Å². The molecule has 1 aliphatic rings. The van der Waals surface area contributed by atoms with Crippen molar-refractivity contribution in [3.8, 4) is 5.88 Å². The van der Waals surface area contributed by atoms with Crippen molar-refractivity contribution in [3.63, 3.8) is 0 Å². The fourth-order valence-electron chi connectivity index (χ4n) is 5.15. The first kappa shape index (κ1) is 27.7. The average Bonchev–Trinajstić information content (AvgIpc) is 3.61. The Labute approximate surface area is 245 Å². The minimum Gasteiger partial charge on any atom is -0.478 e. The fraction of sp³-hybridized carbons (Fsp3) is 0.267. The second-order valence-corrected chi connectivity index (χ2v) is 10.7. The van der Waals surface area contributed by atoms with Gasteiger partial charge in [0.25, 0.3) is 0 Å². The Morgan fingerprint density at radius 2 is 2.02 bits per heavy atom. The number of hydrogen-bond acceptors (Lipinski definition) is 8. The van der Waals surface area contributed by atoms with Crippen molar-refractivity contribution in [1.29, 1.82) is 0 Å². The smallest absolute Gasteiger partial charge is 0.335 e. The zero-order chi connectivity index (χ0) is 29.2. The lowest BCUT2D eigenvalue weighted by Gasteiger charge is -2.40. The lowest BCUT2D eigenvalue weighted by molar-refractivity contribution is 0.0697. The summed E-state index contributed by atoms with van der Waals surface area (Å²) in [6.07, 6.45) is 3.02. The van der Waals surface area contributed by atoms with Crippen LogP contribution in [0.2, 0.25) is 5.02 Å². The van der Waals surface area contributed by atoms with Gasteiger partial charge in [0.15, 0.2) is 6.39 Å². The Morgan fingerprint density at radius 3 is 2.79 bits per heavy atom. The van der Waals surface area contributed by atoms with Crippen molar-refractivity contribution in [2.45, 2.75) is 32.7 Å². The van der Waals surface area contributed by atoms with E-state index in [-0.39, 0.29) is 18.2 Å². The van der Waals surface area contributed by atoms with Crippen molar-refractivity contribution in [2.24, 2.45) is 0 Å². The van der Waals surface area contributed by atoms with E-state index in [1.54, 1.807) is 42.6 Å². The van der Waals surface area contributed by atoms with Crippen LogP contribution in [-0.2, 0) is 19.7 Å². The van der Waals surface area contributed by atoms with E-state index < -0.39 is 11.8 Å². The molecule has 0 unspecified atom stereocenters. The normalized spacial score (nSPS) is 15.8. The van der Waals surface area contributed by atoms with E-state index >= 15 is 0 Å². The number of benzene rings is 2. The SMILES string of the molecule is C[C@H]1CN(c2cccc(OCc3ccc(Cl)cc3F)n2)CCN1Cc1nc2ccc(C(=O)O)cc2n1Cc1cnco1. The number of pyridine rings is 1. The van der Waals surface area contributed by atoms with Gasteiger partial charge in [-0.2, -0.15) is 4.98 Å². The number of oxazole rings is 1. The molecule has 216 valence electrons. The number of carbonyl (C=O) groups is 1. The van der Waals surface area contributed by atoms with E-state index in [1.807, 2.05) is 16.7 Å². The number of ether oxygens (including phenoxy) is 1. The van der Waals surface area contributed by atoms with Crippen molar-refractivity contribution in [2.75, 3.05) is 24.5 Å². The van der Waals surface area contributed by atoms with E-state index in [1.165, 1.54) is 12.5 Å². The van der Waals surface area contributed by atoms with Crippen LogP contribution in [0.15, 0.2) is 71.6 Å². The maximum absolute atomic E-state index is 14.2. The second-order valence-electron chi connectivity index (χ2n) is 10.2. The van der Waals surface area contributed by atoms with Gasteiger partial charge >= 0.3 is 5.97 Å². The molecule has 1 saturated heterocycles. The third-order valence-electron chi connectivity index (χ3n) is 7.40. The van der Waals surface area contributed by atoms with Crippen LogP contribution >= 0.6 is 11.6 Å². The number of nitrogens with zero attached hydrogens (tertiary/aromatic N) is 6. The topological polar surface area (TPSA) is 110 Å². The number of aromatic carboxylic acids is 1. The van der Waals surface area contributed by atoms with E-state index in [9.17, 15) is 14.3 Å². The standard InChI is InChI=1S/C30H28ClFN6O4/c1-19-14-37(27-3-2-4-29(35-27)41-17-21-5-7-22(31)12-24(21)32)10-9-36(19)16-28-34-25-8-6-20(30(39)40)11-26(25)38(28)15-23-13-33-18-42-23/h2-8,11-13,18-19H,9-10,14-17H2,1H3,(H,39,40)/t19-/m0/s1. The zero-order valence-electron chi connectivity index (χ0n) is 22.8. The predicted molar refractivity (Wildman–Crippen MR) is 154 cm³/mol. The van der Waals surface area contributed by atoms with Crippen LogP contribution in [0, 0.1) is 5.82 Å². The average molecular weight is 591 g/mol. The monoisotopic (exact) mass is 590 g/mol. The highest BCUT2D eigenvalue weighted by molar-refractivity contribution is 6.30. The number of piperazine rings is 1. The minimum absolute atomic E-state index is 0.0483. The molecular weight excluding hydrogens is 563 g/mol. The summed E-state index contributed by atoms with van der Waals surface area (Å²) in [4.78, 5) is 29.7. The van der Waals surface area contributed by atoms with Crippen LogP contribution in [0.4, 0.5) is 10.2 Å². The number of carboxylic acid groups (broad SMARTS) is 1. The summed E-state index contributed by atoms with van der Waals surface area (Å²) in [5, 5.41) is 9.87. The third kappa shape index (κ3) is 5.93. The van der Waals surface area contributed by atoms with Crippen LogP contribution in [0.25, 0.3) is 11.0 Å². The molecule has 42 heavy (non-hydrogen) atoms. The maximum Gasteiger partial charge on any atom is 0.335 e. The molecule has 1 fully saturated rings. The molecule has 0 radical (unpaired) electrons. The van der Waals surface area contributed by atoms with E-state index in [0.29, 0.717) is 35.3 Å².